The molecule has 1 fully saturated rings. The van der Waals surface area contributed by atoms with Crippen LogP contribution in [-0.4, -0.2) is 23.7 Å². The molecule has 2 N–H and O–H groups in total. The summed E-state index contributed by atoms with van der Waals surface area (Å²) in [5.74, 6) is 0.248. The van der Waals surface area contributed by atoms with Crippen molar-refractivity contribution >= 4 is 5.97 Å². The van der Waals surface area contributed by atoms with Crippen LogP contribution in [0.25, 0.3) is 0 Å². The fourth-order valence-corrected chi connectivity index (χ4v) is 2.18. The van der Waals surface area contributed by atoms with E-state index in [4.69, 9.17) is 4.74 Å². The minimum Gasteiger partial charge on any atom is -0.496 e. The highest BCUT2D eigenvalue weighted by Crippen LogP contribution is 2.40. The minimum atomic E-state index is -0.832. The molecule has 18 heavy (non-hydrogen) atoms. The van der Waals surface area contributed by atoms with Crippen LogP contribution in [0.2, 0.25) is 0 Å². The molecule has 0 aromatic heterocycles. The van der Waals surface area contributed by atoms with Gasteiger partial charge in [0.15, 0.2) is 0 Å². The summed E-state index contributed by atoms with van der Waals surface area (Å²) in [5.41, 5.74) is 0.147. The first-order chi connectivity index (χ1) is 8.58. The summed E-state index contributed by atoms with van der Waals surface area (Å²) in [6.07, 6.45) is 1.98. The van der Waals surface area contributed by atoms with Gasteiger partial charge in [-0.3, -0.25) is 10.1 Å². The maximum absolute atomic E-state index is 11.4. The molecule has 0 saturated heterocycles. The highest BCUT2D eigenvalue weighted by atomic mass is 16.5. The topological polar surface area (TPSA) is 58.6 Å². The predicted molar refractivity (Wildman–Crippen MR) is 68.6 cm³/mol. The number of methoxy groups -OCH3 is 1. The predicted octanol–water partition coefficient (Wildman–Crippen LogP) is 2.04. The Morgan fingerprint density at radius 1 is 1.50 bits per heavy atom. The zero-order valence-electron chi connectivity index (χ0n) is 10.8. The van der Waals surface area contributed by atoms with Crippen LogP contribution in [0.15, 0.2) is 24.3 Å². The number of nitrogens with one attached hydrogen (secondary N) is 1. The quantitative estimate of drug-likeness (QED) is 0.810. The van der Waals surface area contributed by atoms with E-state index in [-0.39, 0.29) is 5.92 Å². The van der Waals surface area contributed by atoms with Crippen LogP contribution in [0.1, 0.15) is 25.3 Å². The molecule has 1 atom stereocenters. The number of benzene rings is 1. The fourth-order valence-electron chi connectivity index (χ4n) is 2.18. The zero-order chi connectivity index (χ0) is 13.2. The molecule has 0 spiro atoms. The third-order valence-corrected chi connectivity index (χ3v) is 3.68. The molecule has 0 aliphatic heterocycles. The number of hydrogen-bond donors (Lipinski definition) is 2. The second-order valence-electron chi connectivity index (χ2n) is 4.95. The van der Waals surface area contributed by atoms with Crippen LogP contribution in [0.4, 0.5) is 0 Å². The van der Waals surface area contributed by atoms with Crippen molar-refractivity contribution < 1.29 is 14.6 Å². The Kier molecular flexibility index (Phi) is 3.57. The van der Waals surface area contributed by atoms with Gasteiger partial charge in [0.25, 0.3) is 0 Å². The Morgan fingerprint density at radius 3 is 2.72 bits per heavy atom. The zero-order valence-corrected chi connectivity index (χ0v) is 10.8. The normalized spacial score (nSPS) is 18.1. The van der Waals surface area contributed by atoms with E-state index < -0.39 is 11.5 Å². The number of ether oxygens (including phenoxy) is 1. The molecule has 0 radical (unpaired) electrons. The molecular formula is C14H19NO3. The van der Waals surface area contributed by atoms with Gasteiger partial charge < -0.3 is 9.84 Å². The van der Waals surface area contributed by atoms with Crippen LogP contribution < -0.4 is 10.1 Å². The number of carboxylic acids is 1. The molecule has 0 amide bonds. The highest BCUT2D eigenvalue weighted by Gasteiger charge is 2.47. The van der Waals surface area contributed by atoms with Gasteiger partial charge in [-0.1, -0.05) is 18.2 Å². The lowest BCUT2D eigenvalue weighted by atomic mass is 9.95. The van der Waals surface area contributed by atoms with Crippen LogP contribution in [-0.2, 0) is 11.3 Å². The second-order valence-corrected chi connectivity index (χ2v) is 4.95. The molecule has 1 saturated carbocycles. The van der Waals surface area contributed by atoms with Gasteiger partial charge in [-0.25, -0.2) is 0 Å². The van der Waals surface area contributed by atoms with E-state index in [0.717, 1.165) is 24.2 Å². The monoisotopic (exact) mass is 249 g/mol. The summed E-state index contributed by atoms with van der Waals surface area (Å²) in [5, 5.41) is 12.5. The third kappa shape index (κ3) is 2.48. The lowest BCUT2D eigenvalue weighted by Crippen LogP contribution is -2.51. The van der Waals surface area contributed by atoms with Gasteiger partial charge in [0.05, 0.1) is 7.11 Å². The Labute approximate surface area is 107 Å². The SMILES string of the molecule is COc1ccccc1CNC(C)(C(=O)O)C1CC1. The molecule has 0 heterocycles. The van der Waals surface area contributed by atoms with Gasteiger partial charge in [0.1, 0.15) is 11.3 Å². The molecule has 1 unspecified atom stereocenters. The average Bonchev–Trinajstić information content (AvgIpc) is 3.20. The maximum atomic E-state index is 11.4. The van der Waals surface area contributed by atoms with Crippen molar-refractivity contribution in [2.24, 2.45) is 5.92 Å². The van der Waals surface area contributed by atoms with E-state index in [0.29, 0.717) is 6.54 Å². The van der Waals surface area contributed by atoms with E-state index in [2.05, 4.69) is 5.32 Å². The first-order valence-corrected chi connectivity index (χ1v) is 6.18. The summed E-state index contributed by atoms with van der Waals surface area (Å²) >= 11 is 0. The van der Waals surface area contributed by atoms with Crippen LogP contribution in [0, 0.1) is 5.92 Å². The van der Waals surface area contributed by atoms with Gasteiger partial charge in [-0.05, 0) is 31.7 Å². The molecular weight excluding hydrogens is 230 g/mol. The van der Waals surface area contributed by atoms with Gasteiger partial charge >= 0.3 is 5.97 Å². The smallest absolute Gasteiger partial charge is 0.323 e. The number of hydrogen-bond acceptors (Lipinski definition) is 3. The molecule has 4 nitrogen and oxygen atoms in total. The number of para-hydroxylation sites is 1. The first-order valence-electron chi connectivity index (χ1n) is 6.18. The Balaban J connectivity index is 2.08. The van der Waals surface area contributed by atoms with Crippen molar-refractivity contribution in [1.82, 2.24) is 5.32 Å². The third-order valence-electron chi connectivity index (χ3n) is 3.68. The summed E-state index contributed by atoms with van der Waals surface area (Å²) in [7, 11) is 1.62. The molecule has 2 rings (SSSR count). The van der Waals surface area contributed by atoms with Gasteiger partial charge in [-0.2, -0.15) is 0 Å². The van der Waals surface area contributed by atoms with E-state index in [1.807, 2.05) is 24.3 Å². The molecule has 1 aromatic rings. The molecule has 0 bridgehead atoms. The van der Waals surface area contributed by atoms with E-state index in [1.54, 1.807) is 14.0 Å². The molecule has 1 aromatic carbocycles. The number of rotatable bonds is 6. The van der Waals surface area contributed by atoms with Crippen molar-refractivity contribution in [2.75, 3.05) is 7.11 Å². The molecule has 1 aliphatic carbocycles. The average molecular weight is 249 g/mol. The van der Waals surface area contributed by atoms with Crippen molar-refractivity contribution in [2.45, 2.75) is 31.8 Å². The lowest BCUT2D eigenvalue weighted by molar-refractivity contribution is -0.145. The lowest BCUT2D eigenvalue weighted by Gasteiger charge is -2.26. The van der Waals surface area contributed by atoms with Crippen LogP contribution in [0.5, 0.6) is 5.75 Å². The van der Waals surface area contributed by atoms with Crippen molar-refractivity contribution in [1.29, 1.82) is 0 Å². The van der Waals surface area contributed by atoms with Crippen molar-refractivity contribution in [3.05, 3.63) is 29.8 Å². The largest absolute Gasteiger partial charge is 0.496 e. The van der Waals surface area contributed by atoms with Crippen molar-refractivity contribution in [3.8, 4) is 5.75 Å². The number of carboxylic acid groups (broad SMARTS) is 1. The van der Waals surface area contributed by atoms with Crippen LogP contribution in [0.3, 0.4) is 0 Å². The number of aliphatic carboxylic acids is 1. The molecule has 1 aliphatic rings. The second kappa shape index (κ2) is 4.98. The Bertz CT molecular complexity index is 442. The Morgan fingerprint density at radius 2 is 2.17 bits per heavy atom. The standard InChI is InChI=1S/C14H19NO3/c1-14(13(16)17,11-7-8-11)15-9-10-5-3-4-6-12(10)18-2/h3-6,11,15H,7-9H2,1-2H3,(H,16,17). The van der Waals surface area contributed by atoms with E-state index in [9.17, 15) is 9.90 Å². The van der Waals surface area contributed by atoms with Crippen molar-refractivity contribution in [3.63, 3.8) is 0 Å². The highest BCUT2D eigenvalue weighted by molar-refractivity contribution is 5.79. The first kappa shape index (κ1) is 12.9. The molecule has 98 valence electrons. The van der Waals surface area contributed by atoms with Gasteiger partial charge in [0.2, 0.25) is 0 Å². The minimum absolute atomic E-state index is 0.240. The van der Waals surface area contributed by atoms with E-state index >= 15 is 0 Å². The van der Waals surface area contributed by atoms with Crippen LogP contribution >= 0.6 is 0 Å². The fraction of sp³-hybridized carbons (Fsp3) is 0.500. The summed E-state index contributed by atoms with van der Waals surface area (Å²) in [4.78, 5) is 11.4. The Hall–Kier alpha value is -1.55. The van der Waals surface area contributed by atoms with Gasteiger partial charge in [-0.15, -0.1) is 0 Å². The van der Waals surface area contributed by atoms with E-state index in [1.165, 1.54) is 0 Å². The summed E-state index contributed by atoms with van der Waals surface area (Å²) in [6, 6.07) is 7.65. The maximum Gasteiger partial charge on any atom is 0.323 e. The molecule has 4 heteroatoms. The number of carbonyl (C=O) groups is 1. The van der Waals surface area contributed by atoms with Gasteiger partial charge in [0, 0.05) is 12.1 Å². The summed E-state index contributed by atoms with van der Waals surface area (Å²) < 4.78 is 5.26. The summed E-state index contributed by atoms with van der Waals surface area (Å²) in [6.45, 7) is 2.27.